The van der Waals surface area contributed by atoms with Gasteiger partial charge in [0.1, 0.15) is 0 Å². The Balaban J connectivity index is 0.00000201. The standard InChI is InChI=1S/C34H30F3N6O2.H3P.H2S.Tl/c1-2-19-5-3-6-20-11-24(44)12-25(27(19)20)29-28(35)30-26(14-38-29)32(42-16-22-7-8-23(17-42)39-22)41-33(40-30)45-18-34-9-4-10-43(34)15-21(13-34)31(36)37;;;/h3,5-6,11-12,14,22-23,39,44H,4,7-10,13,15-18H2;1H3;1H2;/p-1. The number of fused-ring (bicyclic) bond motifs is 5. The van der Waals surface area contributed by atoms with Crippen LogP contribution in [0, 0.1) is 15.2 Å². The number of anilines is 1. The number of piperazine rings is 1. The number of pyridine rings is 1. The maximum atomic E-state index is 16.9. The van der Waals surface area contributed by atoms with Crippen molar-refractivity contribution in [3.63, 3.8) is 0 Å². The van der Waals surface area contributed by atoms with Crippen molar-refractivity contribution >= 4 is 76.7 Å². The van der Waals surface area contributed by atoms with E-state index in [1.807, 2.05) is 18.2 Å². The summed E-state index contributed by atoms with van der Waals surface area (Å²) in [5.41, 5.74) is 0.833. The summed E-state index contributed by atoms with van der Waals surface area (Å²) in [4.78, 5) is 18.2. The molecule has 6 heterocycles. The molecule has 0 spiro atoms. The molecule has 2 aromatic heterocycles. The van der Waals surface area contributed by atoms with Crippen LogP contribution in [0.5, 0.6) is 11.8 Å². The van der Waals surface area contributed by atoms with Crippen molar-refractivity contribution < 1.29 is 23.0 Å². The number of hydrogen-bond donors (Lipinski definition) is 2. The predicted molar refractivity (Wildman–Crippen MR) is 189 cm³/mol. The Kier molecular flexibility index (Phi) is 10.2. The number of rotatable bonds is 5. The maximum absolute atomic E-state index is 16.9. The van der Waals surface area contributed by atoms with Crippen LogP contribution in [0.15, 0.2) is 48.2 Å². The van der Waals surface area contributed by atoms with Gasteiger partial charge in [0.25, 0.3) is 6.08 Å². The van der Waals surface area contributed by atoms with Gasteiger partial charge in [-0.2, -0.15) is 18.7 Å². The number of aromatic hydroxyl groups is 1. The number of ether oxygens (including phenoxy) is 1. The first-order valence-electron chi connectivity index (χ1n) is 15.6. The molecule has 0 aliphatic carbocycles. The third kappa shape index (κ3) is 6.14. The minimum atomic E-state index is -1.62. The van der Waals surface area contributed by atoms with Gasteiger partial charge in [-0.25, -0.2) is 0 Å². The number of phenols is 1. The fraction of sp³-hybridized carbons (Fsp3) is 0.382. The van der Waals surface area contributed by atoms with E-state index in [1.54, 1.807) is 12.3 Å². The first-order valence-corrected chi connectivity index (χ1v) is 17.8. The number of thiol groups is 1. The molecule has 4 aliphatic heterocycles. The topological polar surface area (TPSA) is 86.6 Å². The van der Waals surface area contributed by atoms with Crippen molar-refractivity contribution in [1.82, 2.24) is 25.2 Å². The zero-order valence-corrected chi connectivity index (χ0v) is 32.9. The Hall–Kier alpha value is -2.70. The largest absolute Gasteiger partial charge is 0.813 e. The van der Waals surface area contributed by atoms with Gasteiger partial charge in [0.15, 0.2) is 0 Å². The molecule has 4 aromatic rings. The predicted octanol–water partition coefficient (Wildman–Crippen LogP) is 4.66. The smallest absolute Gasteiger partial charge is 0.153 e. The molecule has 48 heavy (non-hydrogen) atoms. The Labute approximate surface area is 302 Å². The molecule has 2 aromatic carbocycles. The van der Waals surface area contributed by atoms with Crippen molar-refractivity contribution in [2.75, 3.05) is 37.7 Å². The molecule has 0 saturated carbocycles. The van der Waals surface area contributed by atoms with E-state index >= 15 is 4.39 Å². The molecule has 2 bridgehead atoms. The molecular formula is C34H34F3N6O2PSTl-. The molecule has 4 fully saturated rings. The summed E-state index contributed by atoms with van der Waals surface area (Å²) >= 11 is 0.462. The van der Waals surface area contributed by atoms with Crippen molar-refractivity contribution in [3.05, 3.63) is 59.6 Å². The van der Waals surface area contributed by atoms with Crippen LogP contribution in [0.25, 0.3) is 32.9 Å². The summed E-state index contributed by atoms with van der Waals surface area (Å²) in [5, 5.41) is 16.1. The van der Waals surface area contributed by atoms with E-state index in [9.17, 15) is 13.9 Å². The van der Waals surface area contributed by atoms with Crippen LogP contribution in [0.2, 0.25) is 0 Å². The first kappa shape index (κ1) is 35.1. The minimum Gasteiger partial charge on any atom is -0.813 e. The third-order valence-electron chi connectivity index (χ3n) is 9.99. The monoisotopic (exact) mass is 883 g/mol. The van der Waals surface area contributed by atoms with Gasteiger partial charge in [0.05, 0.1) is 5.54 Å². The molecule has 8 rings (SSSR count). The van der Waals surface area contributed by atoms with Crippen molar-refractivity contribution in [2.24, 2.45) is 0 Å². The molecule has 4 aliphatic rings. The Morgan fingerprint density at radius 3 is 2.71 bits per heavy atom. The molecule has 4 atom stereocenters. The van der Waals surface area contributed by atoms with Crippen LogP contribution in [0.4, 0.5) is 19.0 Å². The van der Waals surface area contributed by atoms with Gasteiger partial charge in [-0.15, -0.1) is 0 Å². The van der Waals surface area contributed by atoms with Crippen molar-refractivity contribution in [3.8, 4) is 32.4 Å². The Morgan fingerprint density at radius 1 is 1.17 bits per heavy atom. The van der Waals surface area contributed by atoms with E-state index in [2.05, 4.69) is 34.5 Å². The van der Waals surface area contributed by atoms with Gasteiger partial charge in [-0.1, -0.05) is 0 Å². The van der Waals surface area contributed by atoms with Crippen molar-refractivity contribution in [2.45, 2.75) is 49.7 Å². The maximum Gasteiger partial charge on any atom is -0.153 e. The van der Waals surface area contributed by atoms with Crippen LogP contribution >= 0.6 is 9.90 Å². The number of phenolic OH excluding ortho intramolecular Hbond substituents is 1. The Morgan fingerprint density at radius 2 is 1.96 bits per heavy atom. The zero-order valence-electron chi connectivity index (χ0n) is 26.1. The summed E-state index contributed by atoms with van der Waals surface area (Å²) in [6, 6.07) is 9.35. The summed E-state index contributed by atoms with van der Waals surface area (Å²) in [7, 11) is 0. The number of nitrogens with zero attached hydrogens (tertiary/aromatic N) is 5. The Bertz CT molecular complexity index is 2000. The van der Waals surface area contributed by atoms with Gasteiger partial charge in [0, 0.05) is 24.2 Å². The van der Waals surface area contributed by atoms with E-state index in [1.165, 1.54) is 6.07 Å². The van der Waals surface area contributed by atoms with Crippen LogP contribution in [-0.4, -0.2) is 101 Å². The molecule has 8 nitrogen and oxygen atoms in total. The second-order valence-electron chi connectivity index (χ2n) is 12.8. The molecule has 14 heteroatoms. The van der Waals surface area contributed by atoms with E-state index in [0.717, 1.165) is 43.2 Å². The van der Waals surface area contributed by atoms with Crippen LogP contribution in [0.1, 0.15) is 37.7 Å². The van der Waals surface area contributed by atoms with Crippen LogP contribution in [0.3, 0.4) is 0 Å². The fourth-order valence-electron chi connectivity index (χ4n) is 7.93. The third-order valence-corrected chi connectivity index (χ3v) is 10.5. The molecule has 4 unspecified atom stereocenters. The zero-order chi connectivity index (χ0) is 31.6. The molecule has 0 radical (unpaired) electrons. The number of benzene rings is 2. The molecular weight excluding hydrogens is 849 g/mol. The normalized spacial score (nSPS) is 23.0. The molecule has 4 saturated heterocycles. The van der Waals surface area contributed by atoms with E-state index in [0.29, 0.717) is 73.1 Å². The number of nitrogens with one attached hydrogen (secondary N) is 1. The number of halogens is 3. The van der Waals surface area contributed by atoms with Crippen LogP contribution in [-0.2, 0) is 13.5 Å². The van der Waals surface area contributed by atoms with E-state index in [-0.39, 0.29) is 71.5 Å². The van der Waals surface area contributed by atoms with Gasteiger partial charge in [0.2, 0.25) is 0 Å². The minimum absolute atomic E-state index is 0. The average molecular weight is 883 g/mol. The van der Waals surface area contributed by atoms with Crippen molar-refractivity contribution in [1.29, 1.82) is 0 Å². The second kappa shape index (κ2) is 13.9. The van der Waals surface area contributed by atoms with E-state index < -0.39 is 17.4 Å². The second-order valence-corrected chi connectivity index (χ2v) is 13.9. The fourth-order valence-corrected chi connectivity index (χ4v) is 8.53. The number of hydrogen-bond acceptors (Lipinski definition) is 9. The van der Waals surface area contributed by atoms with Gasteiger partial charge < -0.3 is 18.8 Å². The van der Waals surface area contributed by atoms with Gasteiger partial charge in [-0.05, 0) is 38.6 Å². The quantitative estimate of drug-likeness (QED) is 0.0979. The molecule has 248 valence electrons. The van der Waals surface area contributed by atoms with Crippen LogP contribution < -0.4 is 15.0 Å². The van der Waals surface area contributed by atoms with Gasteiger partial charge in [-0.3, -0.25) is 4.90 Å². The summed E-state index contributed by atoms with van der Waals surface area (Å²) in [6.07, 6.45) is 3.95. The summed E-state index contributed by atoms with van der Waals surface area (Å²) < 4.78 is 53.4. The summed E-state index contributed by atoms with van der Waals surface area (Å²) in [5.74, 6) is 3.04. The summed E-state index contributed by atoms with van der Waals surface area (Å²) in [6.45, 7) is 2.48. The molecule has 2 N–H and O–H groups in total. The SMILES string of the molecule is Oc1cc(-c2ncc3c(N4CC5CCC(C4)N5)nc(OCC45CCCN4CC(=C(F)F)C5)nc3c2F)c2c(C#[C][Tl])cccc2c1.P.[SH-]. The average Bonchev–Trinajstić information content (AvgIpc) is 3.71. The first-order chi connectivity index (χ1) is 22.3. The number of aromatic nitrogens is 3. The molecule has 0 amide bonds. The van der Waals surface area contributed by atoms with E-state index in [4.69, 9.17) is 9.72 Å². The van der Waals surface area contributed by atoms with Gasteiger partial charge >= 0.3 is 187 Å².